The molecule has 0 unspecified atom stereocenters. The Labute approximate surface area is 111 Å². The molecule has 1 aromatic carbocycles. The smallest absolute Gasteiger partial charge is 0.325 e. The number of methoxy groups -OCH3 is 1. The molecule has 0 aliphatic heterocycles. The molecule has 0 saturated carbocycles. The SMILES string of the molecule is COCCOc1ccc(C(=O)N[C@H](C)C(=O)O)cc1. The van der Waals surface area contributed by atoms with Crippen LogP contribution < -0.4 is 10.1 Å². The van der Waals surface area contributed by atoms with Gasteiger partial charge < -0.3 is 19.9 Å². The lowest BCUT2D eigenvalue weighted by Gasteiger charge is -2.10. The Bertz CT molecular complexity index is 429. The largest absolute Gasteiger partial charge is 0.491 e. The molecule has 6 nitrogen and oxygen atoms in total. The molecule has 0 radical (unpaired) electrons. The van der Waals surface area contributed by atoms with Gasteiger partial charge in [0.25, 0.3) is 5.91 Å². The second-order valence-electron chi connectivity index (χ2n) is 3.90. The van der Waals surface area contributed by atoms with Gasteiger partial charge in [0.1, 0.15) is 18.4 Å². The topological polar surface area (TPSA) is 84.9 Å². The standard InChI is InChI=1S/C13H17NO5/c1-9(13(16)17)14-12(15)10-3-5-11(6-4-10)19-8-7-18-2/h3-6,9H,7-8H2,1-2H3,(H,14,15)(H,16,17)/t9-/m1/s1. The van der Waals surface area contributed by atoms with E-state index in [2.05, 4.69) is 5.32 Å². The van der Waals surface area contributed by atoms with Gasteiger partial charge in [0.15, 0.2) is 0 Å². The molecule has 0 saturated heterocycles. The molecule has 1 rings (SSSR count). The van der Waals surface area contributed by atoms with Gasteiger partial charge in [-0.1, -0.05) is 0 Å². The van der Waals surface area contributed by atoms with E-state index in [1.807, 2.05) is 0 Å². The zero-order valence-corrected chi connectivity index (χ0v) is 10.9. The average molecular weight is 267 g/mol. The Hall–Kier alpha value is -2.08. The molecule has 0 aliphatic rings. The molecule has 1 aromatic rings. The van der Waals surface area contributed by atoms with Crippen LogP contribution in [0.1, 0.15) is 17.3 Å². The predicted molar refractivity (Wildman–Crippen MR) is 68.4 cm³/mol. The van der Waals surface area contributed by atoms with Gasteiger partial charge in [-0.3, -0.25) is 9.59 Å². The lowest BCUT2D eigenvalue weighted by Crippen LogP contribution is -2.38. The number of rotatable bonds is 7. The van der Waals surface area contributed by atoms with E-state index in [0.29, 0.717) is 24.5 Å². The van der Waals surface area contributed by atoms with Gasteiger partial charge in [0.2, 0.25) is 0 Å². The molecule has 0 aliphatic carbocycles. The highest BCUT2D eigenvalue weighted by Gasteiger charge is 2.14. The zero-order chi connectivity index (χ0) is 14.3. The van der Waals surface area contributed by atoms with Crippen molar-refractivity contribution in [2.45, 2.75) is 13.0 Å². The maximum atomic E-state index is 11.7. The lowest BCUT2D eigenvalue weighted by atomic mass is 10.2. The highest BCUT2D eigenvalue weighted by atomic mass is 16.5. The summed E-state index contributed by atoms with van der Waals surface area (Å²) in [7, 11) is 1.58. The Balaban J connectivity index is 2.55. The van der Waals surface area contributed by atoms with Crippen LogP contribution in [0.5, 0.6) is 5.75 Å². The predicted octanol–water partition coefficient (Wildman–Crippen LogP) is 0.915. The summed E-state index contributed by atoms with van der Waals surface area (Å²) in [4.78, 5) is 22.3. The van der Waals surface area contributed by atoms with Gasteiger partial charge >= 0.3 is 5.97 Å². The van der Waals surface area contributed by atoms with Crippen LogP contribution in [0.3, 0.4) is 0 Å². The maximum absolute atomic E-state index is 11.7. The van der Waals surface area contributed by atoms with Crippen LogP contribution in [0.15, 0.2) is 24.3 Å². The Morgan fingerprint density at radius 3 is 2.42 bits per heavy atom. The number of amides is 1. The molecule has 0 fully saturated rings. The van der Waals surface area contributed by atoms with Gasteiger partial charge in [-0.05, 0) is 31.2 Å². The van der Waals surface area contributed by atoms with Crippen molar-refractivity contribution in [1.29, 1.82) is 0 Å². The van der Waals surface area contributed by atoms with Crippen LogP contribution in [-0.2, 0) is 9.53 Å². The van der Waals surface area contributed by atoms with Gasteiger partial charge in [0.05, 0.1) is 6.61 Å². The fourth-order valence-electron chi connectivity index (χ4n) is 1.29. The molecule has 104 valence electrons. The summed E-state index contributed by atoms with van der Waals surface area (Å²) in [5.74, 6) is -0.883. The maximum Gasteiger partial charge on any atom is 0.325 e. The van der Waals surface area contributed by atoms with Crippen molar-refractivity contribution in [1.82, 2.24) is 5.32 Å². The molecule has 0 bridgehead atoms. The number of carbonyl (C=O) groups excluding carboxylic acids is 1. The second kappa shape index (κ2) is 7.38. The number of carbonyl (C=O) groups is 2. The summed E-state index contributed by atoms with van der Waals surface area (Å²) in [6.07, 6.45) is 0. The van der Waals surface area contributed by atoms with E-state index in [4.69, 9.17) is 14.6 Å². The second-order valence-corrected chi connectivity index (χ2v) is 3.90. The number of carboxylic acid groups (broad SMARTS) is 1. The van der Waals surface area contributed by atoms with Crippen LogP contribution in [-0.4, -0.2) is 43.3 Å². The zero-order valence-electron chi connectivity index (χ0n) is 10.9. The minimum Gasteiger partial charge on any atom is -0.491 e. The summed E-state index contributed by atoms with van der Waals surface area (Å²) >= 11 is 0. The first kappa shape index (κ1) is 15.0. The van der Waals surface area contributed by atoms with Gasteiger partial charge in [-0.15, -0.1) is 0 Å². The van der Waals surface area contributed by atoms with Crippen molar-refractivity contribution >= 4 is 11.9 Å². The Morgan fingerprint density at radius 1 is 1.26 bits per heavy atom. The van der Waals surface area contributed by atoms with Crippen molar-refractivity contribution in [3.8, 4) is 5.75 Å². The fraction of sp³-hybridized carbons (Fsp3) is 0.385. The van der Waals surface area contributed by atoms with Crippen molar-refractivity contribution < 1.29 is 24.2 Å². The average Bonchev–Trinajstić information content (AvgIpc) is 2.39. The van der Waals surface area contributed by atoms with Crippen LogP contribution in [0.4, 0.5) is 0 Å². The summed E-state index contributed by atoms with van der Waals surface area (Å²) in [6.45, 7) is 2.32. The number of aliphatic carboxylic acids is 1. The van der Waals surface area contributed by atoms with E-state index >= 15 is 0 Å². The van der Waals surface area contributed by atoms with E-state index < -0.39 is 17.9 Å². The highest BCUT2D eigenvalue weighted by molar-refractivity contribution is 5.96. The first-order chi connectivity index (χ1) is 9.04. The molecular weight excluding hydrogens is 250 g/mol. The van der Waals surface area contributed by atoms with Crippen molar-refractivity contribution in [3.05, 3.63) is 29.8 Å². The van der Waals surface area contributed by atoms with Crippen molar-refractivity contribution in [2.75, 3.05) is 20.3 Å². The van der Waals surface area contributed by atoms with E-state index in [1.165, 1.54) is 6.92 Å². The number of hydrogen-bond donors (Lipinski definition) is 2. The Kier molecular flexibility index (Phi) is 5.81. The van der Waals surface area contributed by atoms with Crippen molar-refractivity contribution in [2.24, 2.45) is 0 Å². The number of carboxylic acids is 1. The van der Waals surface area contributed by atoms with Crippen molar-refractivity contribution in [3.63, 3.8) is 0 Å². The normalized spacial score (nSPS) is 11.7. The molecule has 19 heavy (non-hydrogen) atoms. The molecule has 6 heteroatoms. The van der Waals surface area contributed by atoms with Gasteiger partial charge in [-0.25, -0.2) is 0 Å². The number of hydrogen-bond acceptors (Lipinski definition) is 4. The number of benzene rings is 1. The first-order valence-electron chi connectivity index (χ1n) is 5.80. The molecule has 0 aromatic heterocycles. The third kappa shape index (κ3) is 4.97. The molecule has 1 atom stereocenters. The fourth-order valence-corrected chi connectivity index (χ4v) is 1.29. The first-order valence-corrected chi connectivity index (χ1v) is 5.80. The van der Waals surface area contributed by atoms with Gasteiger partial charge in [0, 0.05) is 12.7 Å². The van der Waals surface area contributed by atoms with Crippen LogP contribution in [0, 0.1) is 0 Å². The summed E-state index contributed by atoms with van der Waals surface area (Å²) < 4.78 is 10.2. The molecule has 0 spiro atoms. The molecule has 1 amide bonds. The van der Waals surface area contributed by atoms with E-state index in [-0.39, 0.29) is 0 Å². The summed E-state index contributed by atoms with van der Waals surface area (Å²) in [5, 5.41) is 11.1. The molecule has 2 N–H and O–H groups in total. The van der Waals surface area contributed by atoms with E-state index in [9.17, 15) is 9.59 Å². The van der Waals surface area contributed by atoms with Crippen LogP contribution >= 0.6 is 0 Å². The van der Waals surface area contributed by atoms with E-state index in [1.54, 1.807) is 31.4 Å². The van der Waals surface area contributed by atoms with Crippen LogP contribution in [0.2, 0.25) is 0 Å². The van der Waals surface area contributed by atoms with Crippen LogP contribution in [0.25, 0.3) is 0 Å². The summed E-state index contributed by atoms with van der Waals surface area (Å²) in [6, 6.07) is 5.52. The number of nitrogens with one attached hydrogen (secondary N) is 1. The summed E-state index contributed by atoms with van der Waals surface area (Å²) in [5.41, 5.74) is 0.382. The Morgan fingerprint density at radius 2 is 1.89 bits per heavy atom. The monoisotopic (exact) mass is 267 g/mol. The third-order valence-electron chi connectivity index (χ3n) is 2.39. The quantitative estimate of drug-likeness (QED) is 0.717. The highest BCUT2D eigenvalue weighted by Crippen LogP contribution is 2.12. The molecular formula is C13H17NO5. The lowest BCUT2D eigenvalue weighted by molar-refractivity contribution is -0.138. The van der Waals surface area contributed by atoms with E-state index in [0.717, 1.165) is 0 Å². The number of ether oxygens (including phenoxy) is 2. The minimum atomic E-state index is -1.08. The minimum absolute atomic E-state index is 0.382. The molecule has 0 heterocycles. The van der Waals surface area contributed by atoms with Gasteiger partial charge in [-0.2, -0.15) is 0 Å². The third-order valence-corrected chi connectivity index (χ3v) is 2.39.